The molecule has 1 aromatic carbocycles. The Hall–Kier alpha value is -0.903. The molecule has 2 nitrogen and oxygen atoms in total. The summed E-state index contributed by atoms with van der Waals surface area (Å²) < 4.78 is 11.9. The lowest BCUT2D eigenvalue weighted by atomic mass is 10.2. The van der Waals surface area contributed by atoms with Crippen LogP contribution in [0, 0.1) is 0 Å². The van der Waals surface area contributed by atoms with Crippen molar-refractivity contribution in [1.29, 1.82) is 0 Å². The van der Waals surface area contributed by atoms with Crippen molar-refractivity contribution in [2.75, 3.05) is 6.61 Å². The summed E-state index contributed by atoms with van der Waals surface area (Å²) >= 11 is 0. The summed E-state index contributed by atoms with van der Waals surface area (Å²) in [6.07, 6.45) is 3.54. The average molecular weight is 262 g/mol. The first-order chi connectivity index (χ1) is 8.58. The van der Waals surface area contributed by atoms with E-state index in [0.29, 0.717) is 13.2 Å². The maximum Gasteiger partial charge on any atom is 0.214 e. The summed E-state index contributed by atoms with van der Waals surface area (Å²) in [6.45, 7) is 8.05. The molecule has 3 heteroatoms. The van der Waals surface area contributed by atoms with Crippen molar-refractivity contribution in [1.82, 2.24) is 0 Å². The van der Waals surface area contributed by atoms with Crippen LogP contribution in [-0.4, -0.2) is 21.0 Å². The number of hydrogen-bond acceptors (Lipinski definition) is 2. The molecule has 98 valence electrons. The second-order valence-corrected chi connectivity index (χ2v) is 9.42. The van der Waals surface area contributed by atoms with Gasteiger partial charge in [0.25, 0.3) is 0 Å². The molecule has 1 aromatic rings. The Morgan fingerprint density at radius 1 is 1.28 bits per heavy atom. The lowest BCUT2D eigenvalue weighted by Crippen LogP contribution is -2.41. The predicted octanol–water partition coefficient (Wildman–Crippen LogP) is 3.68. The zero-order chi connectivity index (χ0) is 13.0. The third kappa shape index (κ3) is 3.54. The van der Waals surface area contributed by atoms with E-state index < -0.39 is 8.32 Å². The minimum atomic E-state index is -1.61. The molecule has 0 radical (unpaired) electrons. The second-order valence-electron chi connectivity index (χ2n) is 5.37. The molecule has 1 unspecified atom stereocenters. The fourth-order valence-corrected chi connectivity index (χ4v) is 3.89. The third-order valence-electron chi connectivity index (χ3n) is 3.51. The summed E-state index contributed by atoms with van der Waals surface area (Å²) in [5.74, 6) is 0. The van der Waals surface area contributed by atoms with Gasteiger partial charge in [0.05, 0.1) is 19.3 Å². The van der Waals surface area contributed by atoms with Gasteiger partial charge in [-0.1, -0.05) is 41.6 Å². The minimum Gasteiger partial charge on any atom is -0.408 e. The van der Waals surface area contributed by atoms with Gasteiger partial charge in [-0.15, -0.1) is 0 Å². The highest BCUT2D eigenvalue weighted by Crippen LogP contribution is 2.25. The molecule has 1 aliphatic heterocycles. The van der Waals surface area contributed by atoms with Crippen molar-refractivity contribution in [3.63, 3.8) is 0 Å². The number of allylic oxidation sites excluding steroid dienone is 1. The first-order valence-electron chi connectivity index (χ1n) is 6.54. The molecule has 0 bridgehead atoms. The third-order valence-corrected chi connectivity index (χ3v) is 6.54. The van der Waals surface area contributed by atoms with Gasteiger partial charge in [0.2, 0.25) is 8.32 Å². The maximum absolute atomic E-state index is 6.17. The molecule has 1 aliphatic rings. The topological polar surface area (TPSA) is 18.5 Å². The minimum absolute atomic E-state index is 0.235. The van der Waals surface area contributed by atoms with E-state index in [4.69, 9.17) is 9.16 Å². The highest BCUT2D eigenvalue weighted by Gasteiger charge is 2.31. The highest BCUT2D eigenvalue weighted by molar-refractivity contribution is 6.78. The summed E-state index contributed by atoms with van der Waals surface area (Å²) in [7, 11) is -1.61. The first-order valence-corrected chi connectivity index (χ1v) is 9.45. The number of rotatable bonds is 4. The second kappa shape index (κ2) is 5.82. The standard InChI is InChI=1S/C15H22O2Si/c1-13-9-10-15(17-18(13,2)3)12-16-11-14-7-5-4-6-8-14/h4-9,15H,10-12H2,1-3H3. The molecule has 0 aromatic heterocycles. The predicted molar refractivity (Wildman–Crippen MR) is 76.8 cm³/mol. The van der Waals surface area contributed by atoms with Crippen molar-refractivity contribution in [3.8, 4) is 0 Å². The molecule has 18 heavy (non-hydrogen) atoms. The van der Waals surface area contributed by atoms with E-state index in [1.807, 2.05) is 18.2 Å². The molecule has 2 rings (SSSR count). The van der Waals surface area contributed by atoms with Gasteiger partial charge in [-0.25, -0.2) is 0 Å². The summed E-state index contributed by atoms with van der Waals surface area (Å²) in [4.78, 5) is 0. The summed E-state index contributed by atoms with van der Waals surface area (Å²) in [5, 5.41) is 1.45. The Morgan fingerprint density at radius 2 is 2.00 bits per heavy atom. The average Bonchev–Trinajstić information content (AvgIpc) is 2.35. The molecule has 0 amide bonds. The molecule has 0 spiro atoms. The van der Waals surface area contributed by atoms with Gasteiger partial charge in [0.1, 0.15) is 0 Å². The van der Waals surface area contributed by atoms with Gasteiger partial charge in [0.15, 0.2) is 0 Å². The number of benzene rings is 1. The molecule has 0 N–H and O–H groups in total. The van der Waals surface area contributed by atoms with Crippen LogP contribution >= 0.6 is 0 Å². The van der Waals surface area contributed by atoms with Crippen molar-refractivity contribution in [2.45, 2.75) is 39.1 Å². The van der Waals surface area contributed by atoms with Crippen LogP contribution in [0.1, 0.15) is 18.9 Å². The molecule has 1 atom stereocenters. The van der Waals surface area contributed by atoms with Gasteiger partial charge < -0.3 is 9.16 Å². The van der Waals surface area contributed by atoms with Gasteiger partial charge >= 0.3 is 0 Å². The molecule has 0 saturated carbocycles. The Balaban J connectivity index is 1.79. The van der Waals surface area contributed by atoms with Crippen LogP contribution in [0.4, 0.5) is 0 Å². The fraction of sp³-hybridized carbons (Fsp3) is 0.467. The molecular formula is C15H22O2Si. The highest BCUT2D eigenvalue weighted by atomic mass is 28.4. The maximum atomic E-state index is 6.17. The molecular weight excluding hydrogens is 240 g/mol. The van der Waals surface area contributed by atoms with E-state index >= 15 is 0 Å². The smallest absolute Gasteiger partial charge is 0.214 e. The largest absolute Gasteiger partial charge is 0.408 e. The fourth-order valence-electron chi connectivity index (χ4n) is 2.10. The zero-order valence-corrected chi connectivity index (χ0v) is 12.5. The SMILES string of the molecule is CC1=CCC(COCc2ccccc2)O[Si]1(C)C. The molecule has 0 fully saturated rings. The Morgan fingerprint density at radius 3 is 2.67 bits per heavy atom. The van der Waals surface area contributed by atoms with E-state index in [2.05, 4.69) is 38.2 Å². The van der Waals surface area contributed by atoms with E-state index in [-0.39, 0.29) is 6.10 Å². The van der Waals surface area contributed by atoms with Crippen LogP contribution in [-0.2, 0) is 15.8 Å². The van der Waals surface area contributed by atoms with Crippen LogP contribution in [0.2, 0.25) is 13.1 Å². The van der Waals surface area contributed by atoms with E-state index in [1.54, 1.807) is 0 Å². The van der Waals surface area contributed by atoms with E-state index in [1.165, 1.54) is 10.8 Å². The van der Waals surface area contributed by atoms with Crippen molar-refractivity contribution in [2.24, 2.45) is 0 Å². The molecule has 0 saturated heterocycles. The molecule has 0 aliphatic carbocycles. The lowest BCUT2D eigenvalue weighted by molar-refractivity contribution is 0.0370. The molecule has 1 heterocycles. The van der Waals surface area contributed by atoms with Gasteiger partial charge in [-0.2, -0.15) is 0 Å². The quantitative estimate of drug-likeness (QED) is 0.771. The van der Waals surface area contributed by atoms with Crippen LogP contribution in [0.5, 0.6) is 0 Å². The number of ether oxygens (including phenoxy) is 1. The van der Waals surface area contributed by atoms with Crippen molar-refractivity contribution >= 4 is 8.32 Å². The van der Waals surface area contributed by atoms with Crippen LogP contribution in [0.25, 0.3) is 0 Å². The lowest BCUT2D eigenvalue weighted by Gasteiger charge is -2.33. The first kappa shape index (κ1) is 13.5. The summed E-state index contributed by atoms with van der Waals surface area (Å²) in [5.41, 5.74) is 1.22. The Kier molecular flexibility index (Phi) is 4.38. The van der Waals surface area contributed by atoms with E-state index in [9.17, 15) is 0 Å². The van der Waals surface area contributed by atoms with E-state index in [0.717, 1.165) is 6.42 Å². The normalized spacial score (nSPS) is 22.6. The van der Waals surface area contributed by atoms with Crippen LogP contribution in [0.3, 0.4) is 0 Å². The van der Waals surface area contributed by atoms with Gasteiger partial charge in [-0.3, -0.25) is 0 Å². The Labute approximate surface area is 111 Å². The number of hydrogen-bond donors (Lipinski definition) is 0. The van der Waals surface area contributed by atoms with Crippen molar-refractivity contribution < 1.29 is 9.16 Å². The van der Waals surface area contributed by atoms with Crippen LogP contribution in [0.15, 0.2) is 41.6 Å². The monoisotopic (exact) mass is 262 g/mol. The Bertz CT molecular complexity index is 412. The van der Waals surface area contributed by atoms with Crippen LogP contribution < -0.4 is 0 Å². The summed E-state index contributed by atoms with van der Waals surface area (Å²) in [6, 6.07) is 10.3. The zero-order valence-electron chi connectivity index (χ0n) is 11.5. The van der Waals surface area contributed by atoms with Crippen molar-refractivity contribution in [3.05, 3.63) is 47.2 Å². The van der Waals surface area contributed by atoms with Gasteiger partial charge in [0, 0.05) is 0 Å². The van der Waals surface area contributed by atoms with Gasteiger partial charge in [-0.05, 0) is 32.0 Å².